The largest absolute Gasteiger partial charge is 0.459 e. The molecule has 4 heteroatoms. The van der Waals surface area contributed by atoms with Crippen LogP contribution in [0.4, 0.5) is 0 Å². The van der Waals surface area contributed by atoms with E-state index >= 15 is 0 Å². The Morgan fingerprint density at radius 1 is 0.885 bits per heavy atom. The zero-order valence-electron chi connectivity index (χ0n) is 14.5. The number of quaternary nitrogens is 1. The molecule has 1 aromatic heterocycles. The van der Waals surface area contributed by atoms with Crippen molar-refractivity contribution in [3.63, 3.8) is 0 Å². The Balaban J connectivity index is 1.39. The predicted octanol–water partition coefficient (Wildman–Crippen LogP) is 2.39. The molecule has 2 aliphatic rings. The molecule has 2 heterocycles. The molecule has 0 bridgehead atoms. The van der Waals surface area contributed by atoms with Crippen LogP contribution in [-0.2, 0) is 0 Å². The van der Waals surface area contributed by atoms with Gasteiger partial charge in [-0.05, 0) is 23.3 Å². The smallest absolute Gasteiger partial charge is 0.289 e. The first-order chi connectivity index (χ1) is 12.8. The Hall–Kier alpha value is -2.85. The summed E-state index contributed by atoms with van der Waals surface area (Å²) in [6, 6.07) is 21.3. The minimum absolute atomic E-state index is 0.00118. The second-order valence-corrected chi connectivity index (χ2v) is 7.04. The monoisotopic (exact) mass is 345 g/mol. The number of nitrogens with one attached hydrogen (secondary N) is 1. The molecule has 0 spiro atoms. The fourth-order valence-electron chi connectivity index (χ4n) is 4.44. The third-order valence-electron chi connectivity index (χ3n) is 5.67. The molecule has 1 aliphatic carbocycles. The number of hydrogen-bond donors (Lipinski definition) is 1. The van der Waals surface area contributed by atoms with Crippen LogP contribution in [0.2, 0.25) is 0 Å². The molecule has 3 aromatic rings. The van der Waals surface area contributed by atoms with Crippen LogP contribution in [0.5, 0.6) is 0 Å². The Labute approximate surface area is 152 Å². The molecule has 130 valence electrons. The molecule has 0 saturated carbocycles. The van der Waals surface area contributed by atoms with E-state index in [0.29, 0.717) is 11.8 Å². The maximum absolute atomic E-state index is 12.5. The molecule has 1 aliphatic heterocycles. The number of fused-ring (bicyclic) bond motifs is 3. The highest BCUT2D eigenvalue weighted by atomic mass is 16.3. The third kappa shape index (κ3) is 2.37. The van der Waals surface area contributed by atoms with Crippen molar-refractivity contribution in [2.24, 2.45) is 0 Å². The average Bonchev–Trinajstić information content (AvgIpc) is 3.34. The molecule has 1 fully saturated rings. The summed E-state index contributed by atoms with van der Waals surface area (Å²) in [6.07, 6.45) is 1.56. The van der Waals surface area contributed by atoms with E-state index in [1.165, 1.54) is 27.2 Å². The number of nitrogens with zero attached hydrogens (tertiary/aromatic N) is 1. The highest BCUT2D eigenvalue weighted by Crippen LogP contribution is 2.41. The lowest BCUT2D eigenvalue weighted by molar-refractivity contribution is -0.928. The fourth-order valence-corrected chi connectivity index (χ4v) is 4.44. The lowest BCUT2D eigenvalue weighted by atomic mass is 10.0. The van der Waals surface area contributed by atoms with E-state index in [-0.39, 0.29) is 5.91 Å². The van der Waals surface area contributed by atoms with E-state index in [0.717, 1.165) is 26.2 Å². The maximum atomic E-state index is 12.5. The van der Waals surface area contributed by atoms with Crippen LogP contribution in [-0.4, -0.2) is 37.0 Å². The van der Waals surface area contributed by atoms with Gasteiger partial charge in [-0.2, -0.15) is 0 Å². The van der Waals surface area contributed by atoms with E-state index in [4.69, 9.17) is 4.42 Å². The minimum Gasteiger partial charge on any atom is -0.459 e. The standard InChI is InChI=1S/C22H20N2O2/c25-22(20-10-5-15-26-20)24-13-11-23(12-14-24)21-18-8-3-1-6-16(18)17-7-2-4-9-19(17)21/h1-10,15,21H,11-14H2/p+1. The number of benzene rings is 2. The normalized spacial score (nSPS) is 17.2. The second-order valence-electron chi connectivity index (χ2n) is 7.04. The first kappa shape index (κ1) is 15.4. The van der Waals surface area contributed by atoms with Crippen LogP contribution in [0.25, 0.3) is 11.1 Å². The van der Waals surface area contributed by atoms with Gasteiger partial charge in [0, 0.05) is 11.1 Å². The Bertz CT molecular complexity index is 895. The van der Waals surface area contributed by atoms with Crippen LogP contribution in [0.1, 0.15) is 27.7 Å². The lowest BCUT2D eigenvalue weighted by Gasteiger charge is -2.35. The maximum Gasteiger partial charge on any atom is 0.289 e. The molecule has 1 saturated heterocycles. The van der Waals surface area contributed by atoms with Gasteiger partial charge in [0.05, 0.1) is 32.4 Å². The highest BCUT2D eigenvalue weighted by molar-refractivity contribution is 5.91. The van der Waals surface area contributed by atoms with Crippen molar-refractivity contribution in [3.05, 3.63) is 83.8 Å². The van der Waals surface area contributed by atoms with Crippen molar-refractivity contribution in [1.29, 1.82) is 0 Å². The first-order valence-electron chi connectivity index (χ1n) is 9.18. The average molecular weight is 345 g/mol. The van der Waals surface area contributed by atoms with Gasteiger partial charge in [0.25, 0.3) is 5.91 Å². The number of furan rings is 1. The van der Waals surface area contributed by atoms with Crippen molar-refractivity contribution < 1.29 is 14.1 Å². The molecule has 4 nitrogen and oxygen atoms in total. The van der Waals surface area contributed by atoms with Crippen molar-refractivity contribution >= 4 is 5.91 Å². The van der Waals surface area contributed by atoms with E-state index < -0.39 is 0 Å². The summed E-state index contributed by atoms with van der Waals surface area (Å²) in [6.45, 7) is 3.41. The van der Waals surface area contributed by atoms with Crippen LogP contribution in [0, 0.1) is 0 Å². The quantitative estimate of drug-likeness (QED) is 0.774. The van der Waals surface area contributed by atoms with Gasteiger partial charge in [0.15, 0.2) is 5.76 Å². The number of hydrogen-bond acceptors (Lipinski definition) is 2. The number of amides is 1. The lowest BCUT2D eigenvalue weighted by Crippen LogP contribution is -3.15. The second kappa shape index (κ2) is 6.15. The SMILES string of the molecule is O=C(c1ccco1)N1CC[NH+](C2c3ccccc3-c3ccccc32)CC1. The molecule has 26 heavy (non-hydrogen) atoms. The number of carbonyl (C=O) groups excluding carboxylic acids is 1. The van der Waals surface area contributed by atoms with Gasteiger partial charge in [-0.15, -0.1) is 0 Å². The van der Waals surface area contributed by atoms with Gasteiger partial charge in [-0.3, -0.25) is 4.79 Å². The van der Waals surface area contributed by atoms with E-state index in [1.807, 2.05) is 4.90 Å². The summed E-state index contributed by atoms with van der Waals surface area (Å²) in [4.78, 5) is 16.0. The van der Waals surface area contributed by atoms with Crippen LogP contribution in [0.3, 0.4) is 0 Å². The topological polar surface area (TPSA) is 37.9 Å². The first-order valence-corrected chi connectivity index (χ1v) is 9.18. The predicted molar refractivity (Wildman–Crippen MR) is 99.0 cm³/mol. The van der Waals surface area contributed by atoms with Crippen molar-refractivity contribution in [3.8, 4) is 11.1 Å². The Morgan fingerprint density at radius 2 is 1.50 bits per heavy atom. The van der Waals surface area contributed by atoms with Crippen LogP contribution >= 0.6 is 0 Å². The molecule has 0 atom stereocenters. The summed E-state index contributed by atoms with van der Waals surface area (Å²) in [5, 5.41) is 0. The fraction of sp³-hybridized carbons (Fsp3) is 0.227. The van der Waals surface area contributed by atoms with Gasteiger partial charge in [-0.25, -0.2) is 0 Å². The van der Waals surface area contributed by atoms with Gasteiger partial charge in [-0.1, -0.05) is 48.5 Å². The third-order valence-corrected chi connectivity index (χ3v) is 5.67. The Morgan fingerprint density at radius 3 is 2.08 bits per heavy atom. The molecule has 5 rings (SSSR count). The number of piperazine rings is 1. The molecule has 0 radical (unpaired) electrons. The van der Waals surface area contributed by atoms with Gasteiger partial charge >= 0.3 is 0 Å². The minimum atomic E-state index is 0.00118. The number of rotatable bonds is 2. The van der Waals surface area contributed by atoms with Crippen molar-refractivity contribution in [2.75, 3.05) is 26.2 Å². The van der Waals surface area contributed by atoms with E-state index in [9.17, 15) is 4.79 Å². The van der Waals surface area contributed by atoms with Gasteiger partial charge < -0.3 is 14.2 Å². The molecular weight excluding hydrogens is 324 g/mol. The summed E-state index contributed by atoms with van der Waals surface area (Å²) in [7, 11) is 0. The summed E-state index contributed by atoms with van der Waals surface area (Å²) < 4.78 is 5.27. The molecule has 2 aromatic carbocycles. The molecule has 1 amide bonds. The van der Waals surface area contributed by atoms with Gasteiger partial charge in [0.1, 0.15) is 6.04 Å². The summed E-state index contributed by atoms with van der Waals surface area (Å²) in [5.41, 5.74) is 5.54. The van der Waals surface area contributed by atoms with Crippen LogP contribution in [0.15, 0.2) is 71.3 Å². The zero-order chi connectivity index (χ0) is 17.5. The van der Waals surface area contributed by atoms with Crippen molar-refractivity contribution in [1.82, 2.24) is 4.90 Å². The molecule has 0 unspecified atom stereocenters. The van der Waals surface area contributed by atoms with Gasteiger partial charge in [0.2, 0.25) is 0 Å². The summed E-state index contributed by atoms with van der Waals surface area (Å²) in [5.74, 6) is 0.436. The van der Waals surface area contributed by atoms with E-state index in [2.05, 4.69) is 48.5 Å². The van der Waals surface area contributed by atoms with Crippen molar-refractivity contribution in [2.45, 2.75) is 6.04 Å². The summed E-state index contributed by atoms with van der Waals surface area (Å²) >= 11 is 0. The number of carbonyl (C=O) groups is 1. The molecular formula is C22H21N2O2+. The highest BCUT2D eigenvalue weighted by Gasteiger charge is 2.38. The van der Waals surface area contributed by atoms with E-state index in [1.54, 1.807) is 18.4 Å². The van der Waals surface area contributed by atoms with Crippen LogP contribution < -0.4 is 4.90 Å². The Kier molecular flexibility index (Phi) is 3.64. The zero-order valence-corrected chi connectivity index (χ0v) is 14.5. The molecule has 1 N–H and O–H groups in total.